The first-order valence-corrected chi connectivity index (χ1v) is 12.2. The topological polar surface area (TPSA) is 118 Å². The van der Waals surface area contributed by atoms with Crippen molar-refractivity contribution in [1.29, 1.82) is 0 Å². The molecule has 0 atom stereocenters. The van der Waals surface area contributed by atoms with Gasteiger partial charge in [-0.05, 0) is 103 Å². The molecule has 0 unspecified atom stereocenters. The van der Waals surface area contributed by atoms with Crippen LogP contribution in [0, 0.1) is 0 Å². The SMILES string of the molecule is CC(C)(O)CC(C)(C)Oc1ccc(CNC(=NC(=O)OC(C)(C)C)NC(=O)OC(C)(C)C)cc1Br. The minimum absolute atomic E-state index is 0.101. The molecule has 0 aliphatic rings. The van der Waals surface area contributed by atoms with E-state index < -0.39 is 34.6 Å². The van der Waals surface area contributed by atoms with Gasteiger partial charge < -0.3 is 24.6 Å². The fourth-order valence-corrected chi connectivity index (χ4v) is 3.69. The lowest BCUT2D eigenvalue weighted by Crippen LogP contribution is -2.44. The number of aliphatic imine (C=N–C) groups is 1. The number of hydrogen-bond acceptors (Lipinski definition) is 6. The first-order chi connectivity index (χ1) is 15.6. The quantitative estimate of drug-likeness (QED) is 0.304. The van der Waals surface area contributed by atoms with E-state index in [2.05, 4.69) is 31.6 Å². The van der Waals surface area contributed by atoms with E-state index in [0.29, 0.717) is 16.6 Å². The Morgan fingerprint density at radius 1 is 0.971 bits per heavy atom. The van der Waals surface area contributed by atoms with Crippen molar-refractivity contribution in [3.05, 3.63) is 28.2 Å². The van der Waals surface area contributed by atoms with E-state index in [1.807, 2.05) is 26.0 Å². The Kier molecular flexibility index (Phi) is 10.2. The summed E-state index contributed by atoms with van der Waals surface area (Å²) in [5, 5.41) is 15.5. The van der Waals surface area contributed by atoms with Crippen molar-refractivity contribution >= 4 is 34.1 Å². The highest BCUT2D eigenvalue weighted by Crippen LogP contribution is 2.32. The maximum atomic E-state index is 12.2. The normalized spacial score (nSPS) is 13.2. The van der Waals surface area contributed by atoms with Crippen LogP contribution < -0.4 is 15.4 Å². The van der Waals surface area contributed by atoms with E-state index in [9.17, 15) is 14.7 Å². The average Bonchev–Trinajstić information content (AvgIpc) is 2.56. The van der Waals surface area contributed by atoms with Gasteiger partial charge in [0, 0.05) is 13.0 Å². The van der Waals surface area contributed by atoms with Crippen molar-refractivity contribution in [3.8, 4) is 5.75 Å². The third-order valence-electron chi connectivity index (χ3n) is 3.92. The zero-order valence-corrected chi connectivity index (χ0v) is 24.0. The van der Waals surface area contributed by atoms with Gasteiger partial charge in [-0.15, -0.1) is 4.99 Å². The summed E-state index contributed by atoms with van der Waals surface area (Å²) in [6.07, 6.45) is -1.17. The number of ether oxygens (including phenoxy) is 3. The van der Waals surface area contributed by atoms with Crippen molar-refractivity contribution in [2.75, 3.05) is 0 Å². The molecule has 3 N–H and O–H groups in total. The molecule has 9 nitrogen and oxygen atoms in total. The van der Waals surface area contributed by atoms with E-state index in [4.69, 9.17) is 14.2 Å². The highest BCUT2D eigenvalue weighted by molar-refractivity contribution is 9.10. The largest absolute Gasteiger partial charge is 0.487 e. The number of guanidine groups is 1. The van der Waals surface area contributed by atoms with Crippen LogP contribution in [0.15, 0.2) is 27.7 Å². The molecule has 10 heteroatoms. The molecule has 198 valence electrons. The van der Waals surface area contributed by atoms with Gasteiger partial charge in [0.2, 0.25) is 5.96 Å². The second-order valence-electron chi connectivity index (χ2n) is 11.5. The van der Waals surface area contributed by atoms with Gasteiger partial charge in [-0.3, -0.25) is 5.32 Å². The van der Waals surface area contributed by atoms with Crippen molar-refractivity contribution in [1.82, 2.24) is 10.6 Å². The van der Waals surface area contributed by atoms with E-state index >= 15 is 0 Å². The Labute approximate surface area is 217 Å². The van der Waals surface area contributed by atoms with Gasteiger partial charge in [0.1, 0.15) is 22.6 Å². The maximum Gasteiger partial charge on any atom is 0.437 e. The number of carbonyl (C=O) groups excluding carboxylic acids is 2. The molecule has 1 aromatic rings. The number of rotatable bonds is 6. The average molecular weight is 559 g/mol. The summed E-state index contributed by atoms with van der Waals surface area (Å²) in [5.74, 6) is 0.522. The van der Waals surface area contributed by atoms with Crippen LogP contribution in [-0.2, 0) is 16.0 Å². The van der Waals surface area contributed by atoms with Crippen molar-refractivity contribution in [2.24, 2.45) is 4.99 Å². The van der Waals surface area contributed by atoms with E-state index in [-0.39, 0.29) is 12.5 Å². The number of carbonyl (C=O) groups is 2. The maximum absolute atomic E-state index is 12.2. The van der Waals surface area contributed by atoms with Crippen LogP contribution in [0.4, 0.5) is 9.59 Å². The van der Waals surface area contributed by atoms with Crippen molar-refractivity contribution in [3.63, 3.8) is 0 Å². The van der Waals surface area contributed by atoms with Crippen LogP contribution in [0.3, 0.4) is 0 Å². The molecule has 0 aliphatic carbocycles. The third-order valence-corrected chi connectivity index (χ3v) is 4.54. The third kappa shape index (κ3) is 14.0. The summed E-state index contributed by atoms with van der Waals surface area (Å²) in [5.41, 5.74) is -2.10. The predicted molar refractivity (Wildman–Crippen MR) is 140 cm³/mol. The van der Waals surface area contributed by atoms with Crippen LogP contribution in [0.25, 0.3) is 0 Å². The lowest BCUT2D eigenvalue weighted by molar-refractivity contribution is -0.0110. The molecule has 35 heavy (non-hydrogen) atoms. The minimum Gasteiger partial charge on any atom is -0.487 e. The van der Waals surface area contributed by atoms with Crippen LogP contribution >= 0.6 is 15.9 Å². The number of benzene rings is 1. The zero-order chi connectivity index (χ0) is 27.2. The number of hydrogen-bond donors (Lipinski definition) is 3. The molecular weight excluding hydrogens is 518 g/mol. The van der Waals surface area contributed by atoms with E-state index in [1.165, 1.54) is 0 Å². The number of alkyl carbamates (subject to hydrolysis) is 1. The monoisotopic (exact) mass is 557 g/mol. The zero-order valence-electron chi connectivity index (χ0n) is 22.5. The number of nitrogens with zero attached hydrogens (tertiary/aromatic N) is 1. The van der Waals surface area contributed by atoms with Gasteiger partial charge in [0.15, 0.2) is 0 Å². The first-order valence-electron chi connectivity index (χ1n) is 11.4. The summed E-state index contributed by atoms with van der Waals surface area (Å²) in [6.45, 7) is 17.9. The summed E-state index contributed by atoms with van der Waals surface area (Å²) in [4.78, 5) is 28.3. The predicted octanol–water partition coefficient (Wildman–Crippen LogP) is 5.67. The smallest absolute Gasteiger partial charge is 0.437 e. The van der Waals surface area contributed by atoms with E-state index in [0.717, 1.165) is 5.56 Å². The second-order valence-corrected chi connectivity index (χ2v) is 12.4. The molecule has 0 aliphatic heterocycles. The van der Waals surface area contributed by atoms with Gasteiger partial charge in [-0.1, -0.05) is 6.07 Å². The molecule has 2 amide bonds. The second kappa shape index (κ2) is 11.6. The summed E-state index contributed by atoms with van der Waals surface area (Å²) in [7, 11) is 0. The molecule has 0 bridgehead atoms. The highest BCUT2D eigenvalue weighted by atomic mass is 79.9. The van der Waals surface area contributed by atoms with Crippen LogP contribution in [0.2, 0.25) is 0 Å². The standard InChI is InChI=1S/C25H40BrN3O6/c1-22(2,3)34-20(30)28-19(29-21(31)35-23(4,5)6)27-14-16-11-12-18(17(26)13-16)33-25(9,10)15-24(7,8)32/h11-13,32H,14-15H2,1-10H3,(H2,27,28,29,30,31). The lowest BCUT2D eigenvalue weighted by Gasteiger charge is -2.32. The molecular formula is C25H40BrN3O6. The molecule has 0 saturated carbocycles. The summed E-state index contributed by atoms with van der Waals surface area (Å²) >= 11 is 3.52. The van der Waals surface area contributed by atoms with Crippen molar-refractivity contribution < 1.29 is 28.9 Å². The molecule has 0 radical (unpaired) electrons. The van der Waals surface area contributed by atoms with Crippen LogP contribution in [0.5, 0.6) is 5.75 Å². The van der Waals surface area contributed by atoms with Gasteiger partial charge in [0.25, 0.3) is 0 Å². The number of halogens is 1. The molecule has 0 aromatic heterocycles. The fourth-order valence-electron chi connectivity index (χ4n) is 3.19. The fraction of sp³-hybridized carbons (Fsp3) is 0.640. The first kappa shape index (κ1) is 30.7. The Bertz CT molecular complexity index is 925. The minimum atomic E-state index is -0.870. The number of nitrogens with one attached hydrogen (secondary N) is 2. The summed E-state index contributed by atoms with van der Waals surface area (Å²) in [6, 6.07) is 5.49. The Morgan fingerprint density at radius 3 is 2.03 bits per heavy atom. The molecule has 0 fully saturated rings. The Hall–Kier alpha value is -2.33. The molecule has 0 spiro atoms. The van der Waals surface area contributed by atoms with Gasteiger partial charge in [0.05, 0.1) is 10.1 Å². The molecule has 1 aromatic carbocycles. The molecule has 1 rings (SSSR count). The van der Waals surface area contributed by atoms with Gasteiger partial charge in [-0.25, -0.2) is 9.59 Å². The van der Waals surface area contributed by atoms with Gasteiger partial charge >= 0.3 is 12.2 Å². The number of amides is 2. The Balaban J connectivity index is 2.98. The number of aliphatic hydroxyl groups is 1. The molecule has 0 saturated heterocycles. The summed E-state index contributed by atoms with van der Waals surface area (Å²) < 4.78 is 17.3. The van der Waals surface area contributed by atoms with E-state index in [1.54, 1.807) is 61.5 Å². The lowest BCUT2D eigenvalue weighted by atomic mass is 9.92. The van der Waals surface area contributed by atoms with Crippen molar-refractivity contribution in [2.45, 2.75) is 105 Å². The Morgan fingerprint density at radius 2 is 1.54 bits per heavy atom. The highest BCUT2D eigenvalue weighted by Gasteiger charge is 2.29. The van der Waals surface area contributed by atoms with Crippen LogP contribution in [-0.4, -0.2) is 45.7 Å². The van der Waals surface area contributed by atoms with Gasteiger partial charge in [-0.2, -0.15) is 0 Å². The molecule has 0 heterocycles. The van der Waals surface area contributed by atoms with Crippen LogP contribution in [0.1, 0.15) is 81.2 Å².